The summed E-state index contributed by atoms with van der Waals surface area (Å²) in [5, 5.41) is 0. The second-order valence-electron chi connectivity index (χ2n) is 9.76. The van der Waals surface area contributed by atoms with Crippen molar-refractivity contribution in [2.75, 3.05) is 30.9 Å². The van der Waals surface area contributed by atoms with Gasteiger partial charge >= 0.3 is 0 Å². The fraction of sp³-hybridized carbons (Fsp3) is 0.481. The normalized spacial score (nSPS) is 17.7. The summed E-state index contributed by atoms with van der Waals surface area (Å²) in [6.07, 6.45) is 5.94. The van der Waals surface area contributed by atoms with E-state index in [1.54, 1.807) is 48.2 Å². The van der Waals surface area contributed by atoms with Gasteiger partial charge in [0.1, 0.15) is 0 Å². The molecule has 188 valence electrons. The first-order valence-corrected chi connectivity index (χ1v) is 14.0. The predicted octanol–water partition coefficient (Wildman–Crippen LogP) is 4.36. The van der Waals surface area contributed by atoms with Crippen molar-refractivity contribution in [1.29, 1.82) is 0 Å². The highest BCUT2D eigenvalue weighted by atomic mass is 32.2. The van der Waals surface area contributed by atoms with E-state index < -0.39 is 10.0 Å². The van der Waals surface area contributed by atoms with Crippen LogP contribution in [-0.2, 0) is 14.8 Å². The lowest BCUT2D eigenvalue weighted by molar-refractivity contribution is -0.136. The van der Waals surface area contributed by atoms with E-state index >= 15 is 0 Å². The van der Waals surface area contributed by atoms with Crippen molar-refractivity contribution in [1.82, 2.24) is 9.80 Å². The number of carbonyl (C=O) groups is 2. The molecule has 1 N–H and O–H groups in total. The number of aryl methyl sites for hydroxylation is 2. The topological polar surface area (TPSA) is 86.8 Å². The molecule has 4 rings (SSSR count). The maximum atomic E-state index is 13.0. The molecule has 2 fully saturated rings. The van der Waals surface area contributed by atoms with Crippen molar-refractivity contribution < 1.29 is 18.0 Å². The number of likely N-dealkylation sites (tertiary alicyclic amines) is 2. The smallest absolute Gasteiger partial charge is 0.262 e. The lowest BCUT2D eigenvalue weighted by atomic mass is 9.94. The number of piperidine rings is 1. The average molecular weight is 498 g/mol. The minimum absolute atomic E-state index is 0.000914. The lowest BCUT2D eigenvalue weighted by Crippen LogP contribution is -2.44. The zero-order valence-electron chi connectivity index (χ0n) is 20.6. The third-order valence-electron chi connectivity index (χ3n) is 7.07. The van der Waals surface area contributed by atoms with E-state index in [4.69, 9.17) is 0 Å². The minimum atomic E-state index is -3.73. The maximum Gasteiger partial charge on any atom is 0.262 e. The van der Waals surface area contributed by atoms with Crippen LogP contribution in [0.1, 0.15) is 60.0 Å². The number of nitrogens with one attached hydrogen (secondary N) is 1. The van der Waals surface area contributed by atoms with Crippen LogP contribution >= 0.6 is 0 Å². The first-order chi connectivity index (χ1) is 16.7. The first-order valence-electron chi connectivity index (χ1n) is 12.5. The van der Waals surface area contributed by atoms with Crippen molar-refractivity contribution >= 4 is 27.5 Å². The number of anilines is 1. The zero-order chi connectivity index (χ0) is 25.0. The third kappa shape index (κ3) is 6.04. The molecule has 2 saturated heterocycles. The van der Waals surface area contributed by atoms with Gasteiger partial charge in [-0.3, -0.25) is 14.3 Å². The lowest BCUT2D eigenvalue weighted by Gasteiger charge is -2.34. The highest BCUT2D eigenvalue weighted by molar-refractivity contribution is 7.92. The summed E-state index contributed by atoms with van der Waals surface area (Å²) in [5.41, 5.74) is 2.46. The number of hydrogen-bond acceptors (Lipinski definition) is 4. The van der Waals surface area contributed by atoms with Crippen molar-refractivity contribution in [3.63, 3.8) is 0 Å². The summed E-state index contributed by atoms with van der Waals surface area (Å²) in [6, 6.07) is 11.8. The quantitative estimate of drug-likeness (QED) is 0.665. The van der Waals surface area contributed by atoms with Crippen LogP contribution < -0.4 is 4.72 Å². The number of carbonyl (C=O) groups excluding carboxylic acids is 2. The van der Waals surface area contributed by atoms with Gasteiger partial charge in [0, 0.05) is 43.3 Å². The molecule has 2 aromatic carbocycles. The van der Waals surface area contributed by atoms with E-state index in [-0.39, 0.29) is 22.6 Å². The summed E-state index contributed by atoms with van der Waals surface area (Å²) in [4.78, 5) is 30.0. The van der Waals surface area contributed by atoms with E-state index in [0.717, 1.165) is 31.5 Å². The van der Waals surface area contributed by atoms with Crippen LogP contribution in [0.3, 0.4) is 0 Å². The van der Waals surface area contributed by atoms with Gasteiger partial charge in [0.25, 0.3) is 15.9 Å². The Labute approximate surface area is 208 Å². The molecule has 2 heterocycles. The molecule has 0 aliphatic carbocycles. The van der Waals surface area contributed by atoms with E-state index in [9.17, 15) is 18.0 Å². The molecule has 35 heavy (non-hydrogen) atoms. The second-order valence-corrected chi connectivity index (χ2v) is 11.4. The highest BCUT2D eigenvalue weighted by Crippen LogP contribution is 2.24. The van der Waals surface area contributed by atoms with E-state index in [2.05, 4.69) is 4.72 Å². The molecule has 0 aromatic heterocycles. The van der Waals surface area contributed by atoms with Gasteiger partial charge in [-0.25, -0.2) is 8.42 Å². The van der Waals surface area contributed by atoms with Crippen molar-refractivity contribution in [3.8, 4) is 0 Å². The predicted molar refractivity (Wildman–Crippen MR) is 137 cm³/mol. The molecule has 0 bridgehead atoms. The summed E-state index contributed by atoms with van der Waals surface area (Å²) < 4.78 is 28.3. The third-order valence-corrected chi connectivity index (χ3v) is 8.59. The van der Waals surface area contributed by atoms with Crippen LogP contribution in [0.5, 0.6) is 0 Å². The van der Waals surface area contributed by atoms with Crippen molar-refractivity contribution in [3.05, 3.63) is 59.2 Å². The van der Waals surface area contributed by atoms with E-state index in [1.165, 1.54) is 12.8 Å². The van der Waals surface area contributed by atoms with E-state index in [1.807, 2.05) is 17.9 Å². The summed E-state index contributed by atoms with van der Waals surface area (Å²) in [5.74, 6) is 0.160. The Bertz CT molecular complexity index is 1160. The van der Waals surface area contributed by atoms with Crippen LogP contribution in [0.15, 0.2) is 47.4 Å². The SMILES string of the molecule is Cc1ccc(C)c(S(=O)(=O)Nc2ccc(C(=O)N3CCC(C(=O)N4CCCCCC4)CC3)cc2)c1. The van der Waals surface area contributed by atoms with Crippen molar-refractivity contribution in [2.24, 2.45) is 5.92 Å². The molecular weight excluding hydrogens is 462 g/mol. The molecule has 0 saturated carbocycles. The van der Waals surface area contributed by atoms with Gasteiger partial charge in [0.15, 0.2) is 0 Å². The van der Waals surface area contributed by atoms with Gasteiger partial charge in [-0.1, -0.05) is 25.0 Å². The first kappa shape index (κ1) is 25.2. The Hall–Kier alpha value is -2.87. The number of benzene rings is 2. The molecule has 0 spiro atoms. The van der Waals surface area contributed by atoms with Crippen LogP contribution in [0.4, 0.5) is 5.69 Å². The summed E-state index contributed by atoms with van der Waals surface area (Å²) in [6.45, 7) is 6.45. The van der Waals surface area contributed by atoms with Crippen LogP contribution in [0.2, 0.25) is 0 Å². The molecule has 2 aliphatic heterocycles. The van der Waals surface area contributed by atoms with Gasteiger partial charge in [-0.15, -0.1) is 0 Å². The average Bonchev–Trinajstić information content (AvgIpc) is 3.15. The van der Waals surface area contributed by atoms with E-state index in [0.29, 0.717) is 42.7 Å². The number of nitrogens with zero attached hydrogens (tertiary/aromatic N) is 2. The Morgan fingerprint density at radius 3 is 2.09 bits per heavy atom. The van der Waals surface area contributed by atoms with Crippen molar-refractivity contribution in [2.45, 2.75) is 57.3 Å². The minimum Gasteiger partial charge on any atom is -0.342 e. The number of hydrogen-bond donors (Lipinski definition) is 1. The monoisotopic (exact) mass is 497 g/mol. The Morgan fingerprint density at radius 2 is 1.46 bits per heavy atom. The van der Waals surface area contributed by atoms with Gasteiger partial charge in [-0.2, -0.15) is 0 Å². The van der Waals surface area contributed by atoms with Gasteiger partial charge < -0.3 is 9.80 Å². The fourth-order valence-electron chi connectivity index (χ4n) is 4.95. The zero-order valence-corrected chi connectivity index (χ0v) is 21.4. The number of sulfonamides is 1. The number of amides is 2. The number of rotatable bonds is 5. The molecule has 2 aliphatic rings. The molecule has 0 unspecified atom stereocenters. The van der Waals surface area contributed by atoms with Gasteiger partial charge in [0.05, 0.1) is 4.90 Å². The Kier molecular flexibility index (Phi) is 7.79. The summed E-state index contributed by atoms with van der Waals surface area (Å²) in [7, 11) is -3.73. The van der Waals surface area contributed by atoms with Gasteiger partial charge in [-0.05, 0) is 81.0 Å². The molecule has 2 amide bonds. The fourth-order valence-corrected chi connectivity index (χ4v) is 6.34. The largest absolute Gasteiger partial charge is 0.342 e. The maximum absolute atomic E-state index is 13.0. The molecule has 0 atom stereocenters. The van der Waals surface area contributed by atoms with Crippen LogP contribution in [-0.4, -0.2) is 56.2 Å². The molecule has 0 radical (unpaired) electrons. The molecule has 8 heteroatoms. The second kappa shape index (κ2) is 10.8. The Morgan fingerprint density at radius 1 is 0.829 bits per heavy atom. The molecule has 2 aromatic rings. The highest BCUT2D eigenvalue weighted by Gasteiger charge is 2.30. The Balaban J connectivity index is 1.34. The van der Waals surface area contributed by atoms with Crippen LogP contribution in [0, 0.1) is 19.8 Å². The van der Waals surface area contributed by atoms with Gasteiger partial charge in [0.2, 0.25) is 5.91 Å². The molecule has 7 nitrogen and oxygen atoms in total. The van der Waals surface area contributed by atoms with Crippen LogP contribution in [0.25, 0.3) is 0 Å². The summed E-state index contributed by atoms with van der Waals surface area (Å²) >= 11 is 0. The molecular formula is C27H35N3O4S. The standard InChI is InChI=1S/C27H35N3O4S/c1-20-7-8-21(2)25(19-20)35(33,34)28-24-11-9-22(10-12-24)26(31)30-17-13-23(14-18-30)27(32)29-15-5-3-4-6-16-29/h7-12,19,23,28H,3-6,13-18H2,1-2H3.